The van der Waals surface area contributed by atoms with Crippen molar-refractivity contribution in [1.29, 1.82) is 0 Å². The quantitative estimate of drug-likeness (QED) is 0.236. The van der Waals surface area contributed by atoms with Gasteiger partial charge in [-0.2, -0.15) is 0 Å². The lowest BCUT2D eigenvalue weighted by atomic mass is 10.0. The summed E-state index contributed by atoms with van der Waals surface area (Å²) >= 11 is 1.56. The highest BCUT2D eigenvalue weighted by Crippen LogP contribution is 2.33. The Bertz CT molecular complexity index is 1510. The fourth-order valence-corrected chi connectivity index (χ4v) is 7.05. The van der Waals surface area contributed by atoms with E-state index in [1.807, 2.05) is 36.4 Å². The number of fused-ring (bicyclic) bond motifs is 2. The number of carbonyl (C=O) groups excluding carboxylic acids is 1. The van der Waals surface area contributed by atoms with Crippen LogP contribution >= 0.6 is 11.3 Å². The maximum atomic E-state index is 13.3. The van der Waals surface area contributed by atoms with Gasteiger partial charge in [0.2, 0.25) is 0 Å². The number of para-hydroxylation sites is 1. The van der Waals surface area contributed by atoms with Gasteiger partial charge in [-0.3, -0.25) is 4.31 Å². The number of hydrogen-bond acceptors (Lipinski definition) is 7. The molecule has 4 aromatic rings. The second-order valence-corrected chi connectivity index (χ2v) is 11.4. The Morgan fingerprint density at radius 3 is 2.56 bits per heavy atom. The van der Waals surface area contributed by atoms with Crippen molar-refractivity contribution in [3.05, 3.63) is 77.9 Å². The Hall–Kier alpha value is -3.43. The van der Waals surface area contributed by atoms with Crippen LogP contribution in [0.2, 0.25) is 0 Å². The molecular weight excluding hydrogens is 494 g/mol. The van der Waals surface area contributed by atoms with E-state index in [9.17, 15) is 13.2 Å². The van der Waals surface area contributed by atoms with Crippen LogP contribution in [0.3, 0.4) is 0 Å². The number of carbonyl (C=O) groups is 1. The van der Waals surface area contributed by atoms with Crippen molar-refractivity contribution >= 4 is 48.4 Å². The van der Waals surface area contributed by atoms with Crippen molar-refractivity contribution in [3.63, 3.8) is 0 Å². The van der Waals surface area contributed by atoms with E-state index in [1.54, 1.807) is 17.4 Å². The van der Waals surface area contributed by atoms with Gasteiger partial charge in [0.1, 0.15) is 5.75 Å². The maximum Gasteiger partial charge on any atom is 0.343 e. The molecule has 9 heteroatoms. The third kappa shape index (κ3) is 4.56. The molecule has 186 valence electrons. The number of thiazole rings is 1. The zero-order chi connectivity index (χ0) is 25.3. The van der Waals surface area contributed by atoms with Crippen molar-refractivity contribution in [3.8, 4) is 5.75 Å². The summed E-state index contributed by atoms with van der Waals surface area (Å²) in [6.07, 6.45) is 1.62. The van der Waals surface area contributed by atoms with E-state index in [2.05, 4.69) is 23.7 Å². The van der Waals surface area contributed by atoms with E-state index in [1.165, 1.54) is 28.6 Å². The fourth-order valence-electron chi connectivity index (χ4n) is 4.39. The summed E-state index contributed by atoms with van der Waals surface area (Å²) in [4.78, 5) is 19.8. The van der Waals surface area contributed by atoms with E-state index in [4.69, 9.17) is 4.74 Å². The Kier molecular flexibility index (Phi) is 6.68. The molecule has 7 nitrogen and oxygen atoms in total. The van der Waals surface area contributed by atoms with Gasteiger partial charge in [-0.05, 0) is 74.7 Å². The lowest BCUT2D eigenvalue weighted by Gasteiger charge is -2.30. The van der Waals surface area contributed by atoms with Crippen molar-refractivity contribution in [2.45, 2.75) is 31.6 Å². The van der Waals surface area contributed by atoms with Gasteiger partial charge in [-0.25, -0.2) is 18.2 Å². The molecule has 0 atom stereocenters. The second-order valence-electron chi connectivity index (χ2n) is 8.52. The number of hydrogen-bond donors (Lipinski definition) is 0. The van der Waals surface area contributed by atoms with Crippen molar-refractivity contribution in [2.75, 3.05) is 28.8 Å². The molecular formula is C27H27N3O4S2. The molecule has 36 heavy (non-hydrogen) atoms. The summed E-state index contributed by atoms with van der Waals surface area (Å²) in [7, 11) is -3.74. The number of ether oxygens (including phenoxy) is 1. The van der Waals surface area contributed by atoms with Crippen LogP contribution in [0.5, 0.6) is 5.75 Å². The predicted molar refractivity (Wildman–Crippen MR) is 144 cm³/mol. The molecule has 5 rings (SSSR count). The summed E-state index contributed by atoms with van der Waals surface area (Å²) in [6.45, 7) is 6.34. The number of nitrogens with zero attached hydrogens (tertiary/aromatic N) is 3. The minimum atomic E-state index is -3.74. The molecule has 1 aromatic heterocycles. The summed E-state index contributed by atoms with van der Waals surface area (Å²) in [5.41, 5.74) is 2.88. The highest BCUT2D eigenvalue weighted by molar-refractivity contribution is 7.92. The highest BCUT2D eigenvalue weighted by atomic mass is 32.2. The largest absolute Gasteiger partial charge is 0.423 e. The number of benzene rings is 3. The predicted octanol–water partition coefficient (Wildman–Crippen LogP) is 5.50. The average molecular weight is 522 g/mol. The van der Waals surface area contributed by atoms with Crippen LogP contribution in [-0.2, 0) is 16.4 Å². The van der Waals surface area contributed by atoms with E-state index in [-0.39, 0.29) is 10.5 Å². The first-order chi connectivity index (χ1) is 17.4. The molecule has 0 aliphatic carbocycles. The fraction of sp³-hybridized carbons (Fsp3) is 0.259. The molecule has 0 saturated heterocycles. The molecule has 0 radical (unpaired) electrons. The zero-order valence-corrected chi connectivity index (χ0v) is 21.8. The minimum absolute atomic E-state index is 0.144. The number of esters is 1. The van der Waals surface area contributed by atoms with E-state index < -0.39 is 16.0 Å². The van der Waals surface area contributed by atoms with Crippen molar-refractivity contribution in [1.82, 2.24) is 4.98 Å². The monoisotopic (exact) mass is 521 g/mol. The lowest BCUT2D eigenvalue weighted by molar-refractivity contribution is 0.0735. The normalized spacial score (nSPS) is 13.4. The van der Waals surface area contributed by atoms with Crippen LogP contribution in [0.15, 0.2) is 71.6 Å². The van der Waals surface area contributed by atoms with Crippen LogP contribution in [0.4, 0.5) is 10.8 Å². The zero-order valence-electron chi connectivity index (χ0n) is 20.2. The van der Waals surface area contributed by atoms with Crippen LogP contribution in [-0.4, -0.2) is 39.0 Å². The standard InChI is InChI=1S/C27H27N3O4S2/c1-3-29(4-2)27-28-23-16-13-21(18-25(23)35-27)34-26(31)20-11-14-22(15-12-20)36(32,33)30-17-7-9-19-8-5-6-10-24(19)30/h5-6,8,10-16,18H,3-4,7,9,17H2,1-2H3. The first-order valence-corrected chi connectivity index (χ1v) is 14.2. The maximum absolute atomic E-state index is 13.3. The molecule has 0 fully saturated rings. The summed E-state index contributed by atoms with van der Waals surface area (Å²) in [5, 5.41) is 0.937. The number of aryl methyl sites for hydroxylation is 1. The average Bonchev–Trinajstić information content (AvgIpc) is 3.32. The highest BCUT2D eigenvalue weighted by Gasteiger charge is 2.29. The Balaban J connectivity index is 1.33. The van der Waals surface area contributed by atoms with Crippen molar-refractivity contribution < 1.29 is 17.9 Å². The van der Waals surface area contributed by atoms with Crippen molar-refractivity contribution in [2.24, 2.45) is 0 Å². The molecule has 0 amide bonds. The van der Waals surface area contributed by atoms with Gasteiger partial charge in [0.05, 0.1) is 26.4 Å². The first kappa shape index (κ1) is 24.3. The molecule has 1 aliphatic heterocycles. The van der Waals surface area contributed by atoms with Crippen LogP contribution < -0.4 is 13.9 Å². The molecule has 0 N–H and O–H groups in total. The SMILES string of the molecule is CCN(CC)c1nc2ccc(OC(=O)c3ccc(S(=O)(=O)N4CCCc5ccccc54)cc3)cc2s1. The molecule has 0 unspecified atom stereocenters. The van der Waals surface area contributed by atoms with Gasteiger partial charge in [0.15, 0.2) is 5.13 Å². The summed E-state index contributed by atoms with van der Waals surface area (Å²) in [6, 6.07) is 18.9. The van der Waals surface area contributed by atoms with E-state index >= 15 is 0 Å². The first-order valence-electron chi connectivity index (χ1n) is 12.0. The van der Waals surface area contributed by atoms with E-state index in [0.29, 0.717) is 12.3 Å². The third-order valence-electron chi connectivity index (χ3n) is 6.34. The smallest absolute Gasteiger partial charge is 0.343 e. The van der Waals surface area contributed by atoms with Crippen LogP contribution in [0.1, 0.15) is 36.2 Å². The number of sulfonamides is 1. The van der Waals surface area contributed by atoms with Gasteiger partial charge in [0.25, 0.3) is 10.0 Å². The Morgan fingerprint density at radius 1 is 1.06 bits per heavy atom. The minimum Gasteiger partial charge on any atom is -0.423 e. The van der Waals surface area contributed by atoms with Crippen LogP contribution in [0.25, 0.3) is 10.2 Å². The van der Waals surface area contributed by atoms with Gasteiger partial charge >= 0.3 is 5.97 Å². The second kappa shape index (κ2) is 9.91. The van der Waals surface area contributed by atoms with E-state index in [0.717, 1.165) is 52.5 Å². The molecule has 2 heterocycles. The molecule has 0 spiro atoms. The Labute approximate surface area is 215 Å². The van der Waals surface area contributed by atoms with Gasteiger partial charge in [0, 0.05) is 25.7 Å². The number of aromatic nitrogens is 1. The summed E-state index contributed by atoms with van der Waals surface area (Å²) < 4.78 is 34.7. The molecule has 1 aliphatic rings. The Morgan fingerprint density at radius 2 is 1.81 bits per heavy atom. The number of rotatable bonds is 7. The van der Waals surface area contributed by atoms with Gasteiger partial charge < -0.3 is 9.64 Å². The third-order valence-corrected chi connectivity index (χ3v) is 9.25. The van der Waals surface area contributed by atoms with Crippen LogP contribution in [0, 0.1) is 0 Å². The molecule has 3 aromatic carbocycles. The van der Waals surface area contributed by atoms with Gasteiger partial charge in [-0.15, -0.1) is 0 Å². The number of anilines is 2. The summed E-state index contributed by atoms with van der Waals surface area (Å²) in [5.74, 6) is -0.126. The lowest BCUT2D eigenvalue weighted by Crippen LogP contribution is -2.35. The molecule has 0 saturated carbocycles. The topological polar surface area (TPSA) is 79.8 Å². The molecule has 0 bridgehead atoms. The van der Waals surface area contributed by atoms with Gasteiger partial charge in [-0.1, -0.05) is 29.5 Å².